The summed E-state index contributed by atoms with van der Waals surface area (Å²) in [6, 6.07) is 10.8. The maximum atomic E-state index is 4.29. The minimum Gasteiger partial charge on any atom is -0.378 e. The fourth-order valence-corrected chi connectivity index (χ4v) is 3.14. The van der Waals surface area contributed by atoms with Crippen LogP contribution in [0.5, 0.6) is 0 Å². The highest BCUT2D eigenvalue weighted by Gasteiger charge is 2.04. The summed E-state index contributed by atoms with van der Waals surface area (Å²) in [6.45, 7) is 5.84. The van der Waals surface area contributed by atoms with Crippen molar-refractivity contribution >= 4 is 23.0 Å². The van der Waals surface area contributed by atoms with Crippen molar-refractivity contribution < 1.29 is 0 Å². The van der Waals surface area contributed by atoms with Crippen molar-refractivity contribution in [3.05, 3.63) is 51.2 Å². The number of benzene rings is 1. The molecule has 1 aromatic carbocycles. The summed E-state index contributed by atoms with van der Waals surface area (Å²) in [4.78, 5) is 9.06. The van der Waals surface area contributed by atoms with E-state index in [2.05, 4.69) is 78.8 Å². The molecule has 1 aromatic heterocycles. The Balaban J connectivity index is 1.90. The van der Waals surface area contributed by atoms with E-state index in [0.717, 1.165) is 19.0 Å². The number of rotatable bonds is 5. The van der Waals surface area contributed by atoms with Crippen molar-refractivity contribution in [1.29, 1.82) is 0 Å². The van der Waals surface area contributed by atoms with Crippen LogP contribution in [0.4, 0.5) is 5.69 Å². The molecule has 0 atom stereocenters. The lowest BCUT2D eigenvalue weighted by molar-refractivity contribution is 0.812. The first kappa shape index (κ1) is 17.3. The first-order valence-electron chi connectivity index (χ1n) is 7.76. The number of hydrogen-bond acceptors (Lipinski definition) is 3. The Bertz CT molecular complexity index is 673. The van der Waals surface area contributed by atoms with Gasteiger partial charge in [-0.1, -0.05) is 6.07 Å². The first-order chi connectivity index (χ1) is 11.0. The molecule has 0 aliphatic carbocycles. The van der Waals surface area contributed by atoms with Crippen molar-refractivity contribution in [2.45, 2.75) is 26.9 Å². The van der Waals surface area contributed by atoms with Crippen LogP contribution >= 0.6 is 11.3 Å². The van der Waals surface area contributed by atoms with E-state index in [1.807, 2.05) is 11.3 Å². The second-order valence-electron chi connectivity index (χ2n) is 5.80. The molecular weight excluding hydrogens is 304 g/mol. The van der Waals surface area contributed by atoms with Gasteiger partial charge < -0.3 is 15.5 Å². The van der Waals surface area contributed by atoms with E-state index in [-0.39, 0.29) is 0 Å². The minimum atomic E-state index is 0.767. The molecule has 2 N–H and O–H groups in total. The van der Waals surface area contributed by atoms with Gasteiger partial charge in [-0.2, -0.15) is 0 Å². The number of aliphatic imine (C=N–C) groups is 1. The normalized spacial score (nSPS) is 11.4. The van der Waals surface area contributed by atoms with Crippen LogP contribution in [-0.2, 0) is 13.1 Å². The predicted octanol–water partition coefficient (Wildman–Crippen LogP) is 3.30. The number of guanidine groups is 1. The van der Waals surface area contributed by atoms with E-state index in [9.17, 15) is 0 Å². The third kappa shape index (κ3) is 4.99. The van der Waals surface area contributed by atoms with Gasteiger partial charge in [0, 0.05) is 43.1 Å². The van der Waals surface area contributed by atoms with Gasteiger partial charge in [-0.15, -0.1) is 11.3 Å². The Morgan fingerprint density at radius 3 is 2.39 bits per heavy atom. The van der Waals surface area contributed by atoms with Gasteiger partial charge in [0.1, 0.15) is 0 Å². The second-order valence-corrected chi connectivity index (χ2v) is 7.17. The molecule has 0 aliphatic heterocycles. The number of anilines is 1. The van der Waals surface area contributed by atoms with E-state index >= 15 is 0 Å². The highest BCUT2D eigenvalue weighted by atomic mass is 32.1. The van der Waals surface area contributed by atoms with E-state index in [1.54, 1.807) is 7.05 Å². The summed E-state index contributed by atoms with van der Waals surface area (Å²) in [6.07, 6.45) is 0. The van der Waals surface area contributed by atoms with Gasteiger partial charge in [0.2, 0.25) is 0 Å². The summed E-state index contributed by atoms with van der Waals surface area (Å²) >= 11 is 1.81. The maximum Gasteiger partial charge on any atom is 0.191 e. The van der Waals surface area contributed by atoms with Gasteiger partial charge in [0.25, 0.3) is 0 Å². The van der Waals surface area contributed by atoms with Crippen LogP contribution < -0.4 is 15.5 Å². The summed E-state index contributed by atoms with van der Waals surface area (Å²) in [5, 5.41) is 6.74. The summed E-state index contributed by atoms with van der Waals surface area (Å²) in [5.41, 5.74) is 3.79. The zero-order chi connectivity index (χ0) is 16.8. The molecule has 5 heteroatoms. The van der Waals surface area contributed by atoms with Crippen LogP contribution in [-0.4, -0.2) is 27.1 Å². The number of aryl methyl sites for hydroxylation is 2. The third-order valence-corrected chi connectivity index (χ3v) is 4.74. The van der Waals surface area contributed by atoms with Gasteiger partial charge in [-0.3, -0.25) is 4.99 Å². The Kier molecular flexibility index (Phi) is 6.04. The van der Waals surface area contributed by atoms with Crippen LogP contribution in [0.2, 0.25) is 0 Å². The van der Waals surface area contributed by atoms with Crippen LogP contribution in [0.3, 0.4) is 0 Å². The minimum absolute atomic E-state index is 0.767. The van der Waals surface area contributed by atoms with Gasteiger partial charge in [0.15, 0.2) is 5.96 Å². The molecule has 2 aromatic rings. The smallest absolute Gasteiger partial charge is 0.191 e. The van der Waals surface area contributed by atoms with Crippen LogP contribution in [0.1, 0.15) is 20.9 Å². The van der Waals surface area contributed by atoms with E-state index in [4.69, 9.17) is 0 Å². The van der Waals surface area contributed by atoms with Crippen molar-refractivity contribution in [3.8, 4) is 0 Å². The molecule has 0 fully saturated rings. The Hall–Kier alpha value is -2.01. The monoisotopic (exact) mass is 330 g/mol. The Morgan fingerprint density at radius 1 is 1.09 bits per heavy atom. The number of nitrogens with one attached hydrogen (secondary N) is 2. The lowest BCUT2D eigenvalue weighted by Crippen LogP contribution is -2.36. The lowest BCUT2D eigenvalue weighted by Gasteiger charge is -2.16. The van der Waals surface area contributed by atoms with Crippen molar-refractivity contribution in [2.75, 3.05) is 26.0 Å². The van der Waals surface area contributed by atoms with Crippen molar-refractivity contribution in [1.82, 2.24) is 10.6 Å². The van der Waals surface area contributed by atoms with Crippen molar-refractivity contribution in [3.63, 3.8) is 0 Å². The van der Waals surface area contributed by atoms with E-state index in [1.165, 1.54) is 26.6 Å². The zero-order valence-corrected chi connectivity index (χ0v) is 15.4. The molecule has 0 aliphatic rings. The standard InChI is InChI=1S/C18H26N4S/c1-13-10-16(22(4)5)8-7-15(13)11-20-18(19-3)21-12-17-9-6-14(2)23-17/h6-10H,11-12H2,1-5H3,(H2,19,20,21). The average molecular weight is 331 g/mol. The number of nitrogens with zero attached hydrogens (tertiary/aromatic N) is 2. The maximum absolute atomic E-state index is 4.29. The number of hydrogen-bond donors (Lipinski definition) is 2. The molecule has 0 amide bonds. The topological polar surface area (TPSA) is 39.7 Å². The molecule has 0 bridgehead atoms. The second kappa shape index (κ2) is 8.02. The largest absolute Gasteiger partial charge is 0.378 e. The van der Waals surface area contributed by atoms with E-state index < -0.39 is 0 Å². The molecule has 0 unspecified atom stereocenters. The summed E-state index contributed by atoms with van der Waals surface area (Å²) in [5.74, 6) is 0.826. The van der Waals surface area contributed by atoms with Gasteiger partial charge >= 0.3 is 0 Å². The molecule has 23 heavy (non-hydrogen) atoms. The first-order valence-corrected chi connectivity index (χ1v) is 8.58. The summed E-state index contributed by atoms with van der Waals surface area (Å²) < 4.78 is 0. The molecule has 1 heterocycles. The lowest BCUT2D eigenvalue weighted by atomic mass is 10.1. The molecule has 0 spiro atoms. The van der Waals surface area contributed by atoms with Crippen molar-refractivity contribution in [2.24, 2.45) is 4.99 Å². The molecule has 124 valence electrons. The third-order valence-electron chi connectivity index (χ3n) is 3.74. The predicted molar refractivity (Wildman–Crippen MR) is 102 cm³/mol. The highest BCUT2D eigenvalue weighted by Crippen LogP contribution is 2.17. The zero-order valence-electron chi connectivity index (χ0n) is 14.6. The Labute approximate surface area is 143 Å². The van der Waals surface area contributed by atoms with E-state index in [0.29, 0.717) is 0 Å². The fourth-order valence-electron chi connectivity index (χ4n) is 2.31. The van der Waals surface area contributed by atoms with Gasteiger partial charge in [-0.25, -0.2) is 0 Å². The molecule has 0 saturated carbocycles. The molecule has 0 saturated heterocycles. The quantitative estimate of drug-likeness (QED) is 0.653. The molecule has 2 rings (SSSR count). The average Bonchev–Trinajstić information content (AvgIpc) is 2.94. The highest BCUT2D eigenvalue weighted by molar-refractivity contribution is 7.11. The van der Waals surface area contributed by atoms with Crippen LogP contribution in [0.15, 0.2) is 35.3 Å². The number of thiophene rings is 1. The molecule has 4 nitrogen and oxygen atoms in total. The SMILES string of the molecule is CN=C(NCc1ccc(C)s1)NCc1ccc(N(C)C)cc1C. The summed E-state index contributed by atoms with van der Waals surface area (Å²) in [7, 11) is 5.92. The molecule has 0 radical (unpaired) electrons. The Morgan fingerprint density at radius 2 is 1.83 bits per heavy atom. The van der Waals surface area contributed by atoms with Crippen LogP contribution in [0.25, 0.3) is 0 Å². The van der Waals surface area contributed by atoms with Gasteiger partial charge in [-0.05, 0) is 49.2 Å². The molecular formula is C18H26N4S. The van der Waals surface area contributed by atoms with Gasteiger partial charge in [0.05, 0.1) is 6.54 Å². The van der Waals surface area contributed by atoms with Crippen LogP contribution in [0, 0.1) is 13.8 Å². The fraction of sp³-hybridized carbons (Fsp3) is 0.389.